The van der Waals surface area contributed by atoms with Gasteiger partial charge in [0.2, 0.25) is 17.5 Å². The topological polar surface area (TPSA) is 74.7 Å². The van der Waals surface area contributed by atoms with Gasteiger partial charge in [0.15, 0.2) is 5.54 Å². The number of benzene rings is 1. The number of allylic oxidation sites excluding steroid dienone is 2. The molecule has 0 saturated heterocycles. The molecule has 5 heteroatoms. The van der Waals surface area contributed by atoms with Crippen LogP contribution in [-0.2, 0) is 19.9 Å². The summed E-state index contributed by atoms with van der Waals surface area (Å²) >= 11 is 0. The molecule has 1 aromatic rings. The van der Waals surface area contributed by atoms with Crippen molar-refractivity contribution in [1.82, 2.24) is 4.90 Å². The second kappa shape index (κ2) is 6.24. The Morgan fingerprint density at radius 3 is 2.08 bits per heavy atom. The van der Waals surface area contributed by atoms with Crippen LogP contribution in [0.4, 0.5) is 0 Å². The zero-order valence-electron chi connectivity index (χ0n) is 15.5. The van der Waals surface area contributed by atoms with Gasteiger partial charge in [0.05, 0.1) is 0 Å². The number of hydrogen-bond acceptors (Lipinski definition) is 4. The fourth-order valence-corrected chi connectivity index (χ4v) is 3.78. The van der Waals surface area contributed by atoms with Crippen molar-refractivity contribution >= 4 is 17.5 Å². The van der Waals surface area contributed by atoms with E-state index < -0.39 is 23.0 Å². The summed E-state index contributed by atoms with van der Waals surface area (Å²) in [6.45, 7) is 5.29. The third kappa shape index (κ3) is 2.34. The first-order valence-corrected chi connectivity index (χ1v) is 8.81. The zero-order valence-corrected chi connectivity index (χ0v) is 15.5. The summed E-state index contributed by atoms with van der Waals surface area (Å²) in [4.78, 5) is 40.1. The van der Waals surface area contributed by atoms with E-state index in [4.69, 9.17) is 0 Å². The molecule has 136 valence electrons. The van der Waals surface area contributed by atoms with Gasteiger partial charge >= 0.3 is 0 Å². The number of carbonyl (C=O) groups excluding carboxylic acids is 3. The largest absolute Gasteiger partial charge is 0.508 e. The van der Waals surface area contributed by atoms with E-state index in [-0.39, 0.29) is 17.2 Å². The van der Waals surface area contributed by atoms with E-state index in [1.807, 2.05) is 13.8 Å². The predicted molar refractivity (Wildman–Crippen MR) is 97.7 cm³/mol. The number of amides is 1. The van der Waals surface area contributed by atoms with Crippen molar-refractivity contribution in [3.05, 3.63) is 52.6 Å². The highest BCUT2D eigenvalue weighted by atomic mass is 16.3. The molecule has 1 aromatic carbocycles. The van der Waals surface area contributed by atoms with Crippen molar-refractivity contribution in [3.63, 3.8) is 0 Å². The standard InChI is InChI=1S/C21H23NO4/c1-12(2)14-9-10-17(18(24)11-14)21(22(4)13(3)23)19(25)15-7-5-6-8-16(15)20(21)26/h7-12,24H,5-6H2,1-4H3. The van der Waals surface area contributed by atoms with Gasteiger partial charge in [-0.25, -0.2) is 0 Å². The van der Waals surface area contributed by atoms with Crippen LogP contribution in [0.25, 0.3) is 0 Å². The Bertz CT molecular complexity index is 844. The second-order valence-electron chi connectivity index (χ2n) is 7.19. The first-order chi connectivity index (χ1) is 12.2. The lowest BCUT2D eigenvalue weighted by Gasteiger charge is -2.35. The maximum Gasteiger partial charge on any atom is 0.220 e. The van der Waals surface area contributed by atoms with Crippen LogP contribution >= 0.6 is 0 Å². The van der Waals surface area contributed by atoms with Crippen molar-refractivity contribution in [2.45, 2.75) is 45.1 Å². The van der Waals surface area contributed by atoms with Crippen molar-refractivity contribution < 1.29 is 19.5 Å². The van der Waals surface area contributed by atoms with Crippen molar-refractivity contribution in [2.24, 2.45) is 0 Å². The number of rotatable bonds is 3. The number of likely N-dealkylation sites (N-methyl/N-ethyl adjacent to an activating group) is 1. The Morgan fingerprint density at radius 2 is 1.65 bits per heavy atom. The molecule has 0 aromatic heterocycles. The lowest BCUT2D eigenvalue weighted by molar-refractivity contribution is -0.147. The zero-order chi connectivity index (χ0) is 19.2. The number of aromatic hydroxyl groups is 1. The Kier molecular flexibility index (Phi) is 4.34. The Labute approximate surface area is 153 Å². The summed E-state index contributed by atoms with van der Waals surface area (Å²) in [5.74, 6) is -1.28. The molecule has 0 unspecified atom stereocenters. The summed E-state index contributed by atoms with van der Waals surface area (Å²) in [6, 6.07) is 4.96. The first kappa shape index (κ1) is 18.1. The number of phenolic OH excluding ortho intramolecular Hbond substituents is 1. The van der Waals surface area contributed by atoms with Gasteiger partial charge < -0.3 is 10.0 Å². The summed E-state index contributed by atoms with van der Waals surface area (Å²) in [5, 5.41) is 10.7. The van der Waals surface area contributed by atoms with Crippen LogP contribution in [0, 0.1) is 0 Å². The van der Waals surface area contributed by atoms with Gasteiger partial charge in [0.1, 0.15) is 5.75 Å². The third-order valence-electron chi connectivity index (χ3n) is 5.35. The van der Waals surface area contributed by atoms with Gasteiger partial charge in [0.25, 0.3) is 0 Å². The van der Waals surface area contributed by atoms with Crippen LogP contribution < -0.4 is 0 Å². The van der Waals surface area contributed by atoms with Gasteiger partial charge in [-0.05, 0) is 30.4 Å². The molecule has 2 aliphatic carbocycles. The van der Waals surface area contributed by atoms with Crippen LogP contribution in [-0.4, -0.2) is 34.5 Å². The highest BCUT2D eigenvalue weighted by Crippen LogP contribution is 2.47. The summed E-state index contributed by atoms with van der Waals surface area (Å²) in [6.07, 6.45) is 4.86. The molecule has 1 amide bonds. The Morgan fingerprint density at radius 1 is 1.12 bits per heavy atom. The summed E-state index contributed by atoms with van der Waals surface area (Å²) in [7, 11) is 1.44. The monoisotopic (exact) mass is 353 g/mol. The van der Waals surface area contributed by atoms with Gasteiger partial charge in [-0.1, -0.05) is 38.1 Å². The van der Waals surface area contributed by atoms with Crippen LogP contribution in [0.15, 0.2) is 41.5 Å². The number of phenols is 1. The molecule has 1 N–H and O–H groups in total. The van der Waals surface area contributed by atoms with E-state index in [0.29, 0.717) is 24.0 Å². The predicted octanol–water partition coefficient (Wildman–Crippen LogP) is 2.99. The van der Waals surface area contributed by atoms with Crippen molar-refractivity contribution in [2.75, 3.05) is 7.05 Å². The maximum absolute atomic E-state index is 13.4. The molecule has 0 heterocycles. The van der Waals surface area contributed by atoms with E-state index in [9.17, 15) is 19.5 Å². The number of hydrogen-bond donors (Lipinski definition) is 1. The molecule has 1 saturated carbocycles. The molecule has 0 radical (unpaired) electrons. The Balaban J connectivity index is 2.30. The first-order valence-electron chi connectivity index (χ1n) is 8.81. The number of ketones is 2. The number of fused-ring (bicyclic) bond motifs is 1. The molecule has 0 atom stereocenters. The lowest BCUT2D eigenvalue weighted by Crippen LogP contribution is -2.54. The van der Waals surface area contributed by atoms with Crippen LogP contribution in [0.1, 0.15) is 50.7 Å². The molecule has 0 aliphatic heterocycles. The summed E-state index contributed by atoms with van der Waals surface area (Å²) in [5.41, 5.74) is -0.0947. The van der Waals surface area contributed by atoms with E-state index >= 15 is 0 Å². The normalized spacial score (nSPS) is 18.5. The average molecular weight is 353 g/mol. The molecular weight excluding hydrogens is 330 g/mol. The minimum atomic E-state index is -1.84. The smallest absolute Gasteiger partial charge is 0.220 e. The molecule has 26 heavy (non-hydrogen) atoms. The van der Waals surface area contributed by atoms with E-state index in [2.05, 4.69) is 0 Å². The van der Waals surface area contributed by atoms with Crippen molar-refractivity contribution in [3.8, 4) is 5.75 Å². The van der Waals surface area contributed by atoms with Gasteiger partial charge in [0, 0.05) is 30.7 Å². The van der Waals surface area contributed by atoms with Crippen LogP contribution in [0.3, 0.4) is 0 Å². The number of carbonyl (C=O) groups is 3. The van der Waals surface area contributed by atoms with Gasteiger partial charge in [-0.3, -0.25) is 14.4 Å². The summed E-state index contributed by atoms with van der Waals surface area (Å²) < 4.78 is 0. The van der Waals surface area contributed by atoms with Gasteiger partial charge in [-0.2, -0.15) is 0 Å². The van der Waals surface area contributed by atoms with Crippen LogP contribution in [0.2, 0.25) is 0 Å². The maximum atomic E-state index is 13.4. The van der Waals surface area contributed by atoms with E-state index in [0.717, 1.165) is 10.5 Å². The van der Waals surface area contributed by atoms with Gasteiger partial charge in [-0.15, -0.1) is 0 Å². The number of Topliss-reactive ketones (excluding diaryl/α,β-unsaturated/α-hetero) is 2. The van der Waals surface area contributed by atoms with E-state index in [1.165, 1.54) is 14.0 Å². The molecule has 0 bridgehead atoms. The quantitative estimate of drug-likeness (QED) is 0.848. The fraction of sp³-hybridized carbons (Fsp3) is 0.381. The minimum absolute atomic E-state index is 0.147. The minimum Gasteiger partial charge on any atom is -0.508 e. The Hall–Kier alpha value is -2.69. The second-order valence-corrected chi connectivity index (χ2v) is 7.19. The molecule has 0 spiro atoms. The average Bonchev–Trinajstić information content (AvgIpc) is 2.83. The fourth-order valence-electron chi connectivity index (χ4n) is 3.78. The molecular formula is C21H23NO4. The molecule has 5 nitrogen and oxygen atoms in total. The van der Waals surface area contributed by atoms with Crippen molar-refractivity contribution in [1.29, 1.82) is 0 Å². The molecule has 3 rings (SSSR count). The van der Waals surface area contributed by atoms with Crippen LogP contribution in [0.5, 0.6) is 5.75 Å². The molecule has 1 fully saturated rings. The van der Waals surface area contributed by atoms with E-state index in [1.54, 1.807) is 30.4 Å². The SMILES string of the molecule is CC(=O)N(C)C1(c2ccc(C(C)C)cc2O)C(=O)C2=CCCC=C2C1=O. The third-order valence-corrected chi connectivity index (χ3v) is 5.35. The number of nitrogens with zero attached hydrogens (tertiary/aromatic N) is 1. The lowest BCUT2D eigenvalue weighted by atomic mass is 9.82. The highest BCUT2D eigenvalue weighted by molar-refractivity contribution is 6.36. The highest BCUT2D eigenvalue weighted by Gasteiger charge is 2.60. The molecule has 2 aliphatic rings.